The number of phenolic OH excluding ortho intramolecular Hbond substituents is 1. The van der Waals surface area contributed by atoms with Crippen molar-refractivity contribution in [2.75, 3.05) is 7.11 Å². The molecule has 0 aromatic heterocycles. The lowest BCUT2D eigenvalue weighted by Gasteiger charge is -2.31. The molecule has 0 saturated heterocycles. The van der Waals surface area contributed by atoms with Gasteiger partial charge in [-0.05, 0) is 25.0 Å². The van der Waals surface area contributed by atoms with E-state index < -0.39 is 16.4 Å². The molecule has 0 heterocycles. The van der Waals surface area contributed by atoms with E-state index in [9.17, 15) is 20.0 Å². The first kappa shape index (κ1) is 15.2. The Labute approximate surface area is 122 Å². The number of nitrogens with one attached hydrogen (secondary N) is 1. The highest BCUT2D eigenvalue weighted by Crippen LogP contribution is 2.27. The molecule has 0 unspecified atom stereocenters. The van der Waals surface area contributed by atoms with Gasteiger partial charge in [-0.3, -0.25) is 14.9 Å². The van der Waals surface area contributed by atoms with E-state index in [1.54, 1.807) is 7.11 Å². The highest BCUT2D eigenvalue weighted by atomic mass is 16.6. The summed E-state index contributed by atoms with van der Waals surface area (Å²) in [6, 6.07) is 3.49. The number of methoxy groups -OCH3 is 1. The van der Waals surface area contributed by atoms with Crippen LogP contribution in [0, 0.1) is 10.1 Å². The van der Waals surface area contributed by atoms with Crippen LogP contribution in [0.5, 0.6) is 5.75 Å². The minimum absolute atomic E-state index is 0.0191. The van der Waals surface area contributed by atoms with Gasteiger partial charge in [0.2, 0.25) is 0 Å². The molecule has 1 fully saturated rings. The lowest BCUT2D eigenvalue weighted by Crippen LogP contribution is -2.45. The Hall–Kier alpha value is -2.15. The van der Waals surface area contributed by atoms with Crippen LogP contribution in [0.4, 0.5) is 5.69 Å². The van der Waals surface area contributed by atoms with Gasteiger partial charge in [-0.1, -0.05) is 12.8 Å². The van der Waals surface area contributed by atoms with Crippen LogP contribution >= 0.6 is 0 Å². The summed E-state index contributed by atoms with van der Waals surface area (Å²) in [6.45, 7) is 0. The number of hydrogen-bond donors (Lipinski definition) is 2. The number of aromatic hydroxyl groups is 1. The number of amides is 1. The van der Waals surface area contributed by atoms with Crippen LogP contribution in [0.3, 0.4) is 0 Å². The molecule has 0 bridgehead atoms. The standard InChI is InChI=1S/C14H18N2O5/c1-21-13-5-3-2-4-10(13)15-14(18)9-6-7-11(16(19)20)12(17)8-9/h6-8,10,13,17H,2-5H2,1H3,(H,15,18)/t10-,13-/m1/s1. The largest absolute Gasteiger partial charge is 0.502 e. The molecule has 0 spiro atoms. The fourth-order valence-electron chi connectivity index (χ4n) is 2.61. The Morgan fingerprint density at radius 3 is 2.76 bits per heavy atom. The first-order valence-corrected chi connectivity index (χ1v) is 6.84. The predicted molar refractivity (Wildman–Crippen MR) is 75.3 cm³/mol. The Balaban J connectivity index is 2.09. The van der Waals surface area contributed by atoms with Gasteiger partial charge < -0.3 is 15.2 Å². The fourth-order valence-corrected chi connectivity index (χ4v) is 2.61. The van der Waals surface area contributed by atoms with Crippen molar-refractivity contribution in [1.29, 1.82) is 0 Å². The zero-order chi connectivity index (χ0) is 15.4. The minimum Gasteiger partial charge on any atom is -0.502 e. The maximum absolute atomic E-state index is 12.2. The summed E-state index contributed by atoms with van der Waals surface area (Å²) < 4.78 is 5.36. The van der Waals surface area contributed by atoms with Crippen molar-refractivity contribution >= 4 is 11.6 Å². The summed E-state index contributed by atoms with van der Waals surface area (Å²) in [7, 11) is 1.62. The third-order valence-corrected chi connectivity index (χ3v) is 3.76. The van der Waals surface area contributed by atoms with Gasteiger partial charge in [0, 0.05) is 18.7 Å². The second-order valence-corrected chi connectivity index (χ2v) is 5.10. The van der Waals surface area contributed by atoms with Crippen molar-refractivity contribution in [1.82, 2.24) is 5.32 Å². The first-order valence-electron chi connectivity index (χ1n) is 6.84. The topological polar surface area (TPSA) is 102 Å². The van der Waals surface area contributed by atoms with Crippen molar-refractivity contribution in [3.63, 3.8) is 0 Å². The molecule has 2 rings (SSSR count). The maximum Gasteiger partial charge on any atom is 0.310 e. The predicted octanol–water partition coefficient (Wildman–Crippen LogP) is 1.99. The Morgan fingerprint density at radius 1 is 1.43 bits per heavy atom. The number of hydrogen-bond acceptors (Lipinski definition) is 5. The van der Waals surface area contributed by atoms with E-state index in [4.69, 9.17) is 4.74 Å². The zero-order valence-electron chi connectivity index (χ0n) is 11.7. The van der Waals surface area contributed by atoms with E-state index >= 15 is 0 Å². The average molecular weight is 294 g/mol. The number of ether oxygens (including phenoxy) is 1. The minimum atomic E-state index is -0.695. The number of rotatable bonds is 4. The molecular formula is C14H18N2O5. The maximum atomic E-state index is 12.2. The quantitative estimate of drug-likeness (QED) is 0.653. The first-order chi connectivity index (χ1) is 10.0. The summed E-state index contributed by atoms with van der Waals surface area (Å²) in [6.07, 6.45) is 3.81. The number of nitrogens with zero attached hydrogens (tertiary/aromatic N) is 1. The van der Waals surface area contributed by atoms with E-state index in [-0.39, 0.29) is 23.6 Å². The SMILES string of the molecule is CO[C@@H]1CCCC[C@H]1NC(=O)c1ccc([N+](=O)[O-])c(O)c1. The summed E-state index contributed by atoms with van der Waals surface area (Å²) >= 11 is 0. The van der Waals surface area contributed by atoms with Crippen LogP contribution in [0.2, 0.25) is 0 Å². The van der Waals surface area contributed by atoms with Crippen LogP contribution in [-0.4, -0.2) is 35.2 Å². The molecule has 21 heavy (non-hydrogen) atoms. The third-order valence-electron chi connectivity index (χ3n) is 3.76. The van der Waals surface area contributed by atoms with Gasteiger partial charge in [0.1, 0.15) is 0 Å². The molecule has 7 nitrogen and oxygen atoms in total. The van der Waals surface area contributed by atoms with Crippen molar-refractivity contribution in [3.8, 4) is 5.75 Å². The number of carbonyl (C=O) groups excluding carboxylic acids is 1. The Kier molecular flexibility index (Phi) is 4.74. The van der Waals surface area contributed by atoms with Gasteiger partial charge in [-0.2, -0.15) is 0 Å². The fraction of sp³-hybridized carbons (Fsp3) is 0.500. The number of benzene rings is 1. The number of carbonyl (C=O) groups is 1. The smallest absolute Gasteiger partial charge is 0.310 e. The molecule has 1 aromatic rings. The van der Waals surface area contributed by atoms with Gasteiger partial charge in [0.05, 0.1) is 17.1 Å². The van der Waals surface area contributed by atoms with E-state index in [0.717, 1.165) is 37.8 Å². The van der Waals surface area contributed by atoms with Crippen LogP contribution < -0.4 is 5.32 Å². The Bertz CT molecular complexity index is 546. The lowest BCUT2D eigenvalue weighted by atomic mass is 9.92. The molecular weight excluding hydrogens is 276 g/mol. The highest BCUT2D eigenvalue weighted by molar-refractivity contribution is 5.95. The van der Waals surface area contributed by atoms with Gasteiger partial charge in [0.15, 0.2) is 5.75 Å². The molecule has 2 atom stereocenters. The van der Waals surface area contributed by atoms with E-state index in [1.807, 2.05) is 0 Å². The summed E-state index contributed by atoms with van der Waals surface area (Å²) in [5, 5.41) is 23.1. The van der Waals surface area contributed by atoms with Crippen LogP contribution in [-0.2, 0) is 4.74 Å². The molecule has 2 N–H and O–H groups in total. The van der Waals surface area contributed by atoms with E-state index in [0.29, 0.717) is 0 Å². The molecule has 1 amide bonds. The Morgan fingerprint density at radius 2 is 2.14 bits per heavy atom. The molecule has 0 radical (unpaired) electrons. The number of nitro benzene ring substituents is 1. The number of phenols is 1. The van der Waals surface area contributed by atoms with Crippen molar-refractivity contribution < 1.29 is 19.6 Å². The van der Waals surface area contributed by atoms with Gasteiger partial charge >= 0.3 is 5.69 Å². The molecule has 1 aromatic carbocycles. The third kappa shape index (κ3) is 3.49. The van der Waals surface area contributed by atoms with Crippen molar-refractivity contribution in [3.05, 3.63) is 33.9 Å². The lowest BCUT2D eigenvalue weighted by molar-refractivity contribution is -0.385. The highest BCUT2D eigenvalue weighted by Gasteiger charge is 2.27. The molecule has 1 aliphatic carbocycles. The summed E-state index contributed by atoms with van der Waals surface area (Å²) in [5.41, 5.74) is -0.225. The zero-order valence-corrected chi connectivity index (χ0v) is 11.7. The monoisotopic (exact) mass is 294 g/mol. The summed E-state index contributed by atoms with van der Waals surface area (Å²) in [4.78, 5) is 22.1. The van der Waals surface area contributed by atoms with Crippen LogP contribution in [0.25, 0.3) is 0 Å². The van der Waals surface area contributed by atoms with Crippen LogP contribution in [0.15, 0.2) is 18.2 Å². The normalized spacial score (nSPS) is 21.8. The van der Waals surface area contributed by atoms with Crippen LogP contribution in [0.1, 0.15) is 36.0 Å². The average Bonchev–Trinajstić information content (AvgIpc) is 2.47. The van der Waals surface area contributed by atoms with Gasteiger partial charge in [0.25, 0.3) is 5.91 Å². The van der Waals surface area contributed by atoms with Crippen molar-refractivity contribution in [2.24, 2.45) is 0 Å². The number of nitro groups is 1. The molecule has 1 aliphatic rings. The molecule has 0 aliphatic heterocycles. The second-order valence-electron chi connectivity index (χ2n) is 5.10. The van der Waals surface area contributed by atoms with Gasteiger partial charge in [-0.15, -0.1) is 0 Å². The van der Waals surface area contributed by atoms with E-state index in [2.05, 4.69) is 5.32 Å². The molecule has 7 heteroatoms. The van der Waals surface area contributed by atoms with Crippen molar-refractivity contribution in [2.45, 2.75) is 37.8 Å². The summed E-state index contributed by atoms with van der Waals surface area (Å²) in [5.74, 6) is -0.881. The molecule has 114 valence electrons. The second kappa shape index (κ2) is 6.53. The van der Waals surface area contributed by atoms with E-state index in [1.165, 1.54) is 6.07 Å². The van der Waals surface area contributed by atoms with Gasteiger partial charge in [-0.25, -0.2) is 0 Å². The molecule has 1 saturated carbocycles.